The van der Waals surface area contributed by atoms with Crippen molar-refractivity contribution in [2.75, 3.05) is 5.73 Å². The molecule has 0 heterocycles. The monoisotopic (exact) mass is 339 g/mol. The van der Waals surface area contributed by atoms with Crippen molar-refractivity contribution < 1.29 is 0 Å². The van der Waals surface area contributed by atoms with E-state index in [1.807, 2.05) is 6.07 Å². The van der Waals surface area contributed by atoms with Gasteiger partial charge in [0.2, 0.25) is 0 Å². The van der Waals surface area contributed by atoms with Crippen molar-refractivity contribution in [1.29, 1.82) is 0 Å². The second-order valence-electron chi connectivity index (χ2n) is 3.89. The second-order valence-corrected chi connectivity index (χ2v) is 4.81. The molecule has 0 spiro atoms. The van der Waals surface area contributed by atoms with Crippen molar-refractivity contribution in [3.8, 4) is 11.1 Å². The van der Waals surface area contributed by atoms with E-state index in [9.17, 15) is 0 Å². The van der Waals surface area contributed by atoms with Gasteiger partial charge in [0, 0.05) is 10.2 Å². The summed E-state index contributed by atoms with van der Waals surface area (Å²) < 4.78 is 1.14. The quantitative estimate of drug-likeness (QED) is 0.610. The van der Waals surface area contributed by atoms with E-state index in [-0.39, 0.29) is 17.0 Å². The molecule has 0 saturated carbocycles. The summed E-state index contributed by atoms with van der Waals surface area (Å²) >= 11 is 3.50. The molecule has 0 unspecified atom stereocenters. The molecule has 2 N–H and O–H groups in total. The van der Waals surface area contributed by atoms with Crippen LogP contribution < -0.4 is 5.73 Å². The van der Waals surface area contributed by atoms with Crippen LogP contribution in [0.2, 0.25) is 0 Å². The van der Waals surface area contributed by atoms with Crippen LogP contribution in [0.5, 0.6) is 0 Å². The zero-order valence-electron chi connectivity index (χ0n) is 8.53. The van der Waals surface area contributed by atoms with Crippen LogP contribution in [0.3, 0.4) is 0 Å². The molecular formula is C13H11Br2N. The molecule has 0 aromatic heterocycles. The van der Waals surface area contributed by atoms with Gasteiger partial charge in [0.05, 0.1) is 0 Å². The van der Waals surface area contributed by atoms with E-state index >= 15 is 0 Å². The average molecular weight is 341 g/mol. The van der Waals surface area contributed by atoms with Gasteiger partial charge in [-0.15, -0.1) is 17.0 Å². The Morgan fingerprint density at radius 1 is 0.938 bits per heavy atom. The van der Waals surface area contributed by atoms with Crippen LogP contribution in [0.4, 0.5) is 5.69 Å². The number of benzene rings is 2. The Kier molecular flexibility index (Phi) is 3.08. The number of nitrogens with two attached hydrogens (primary N) is 1. The Morgan fingerprint density at radius 3 is 2.31 bits per heavy atom. The molecular weight excluding hydrogens is 330 g/mol. The number of hydrogen-bond donors (Lipinski definition) is 1. The van der Waals surface area contributed by atoms with Gasteiger partial charge in [-0.25, -0.2) is 0 Å². The third-order valence-corrected chi connectivity index (χ3v) is 3.36. The highest BCUT2D eigenvalue weighted by atomic mass is 79.9. The van der Waals surface area contributed by atoms with Crippen LogP contribution in [0, 0.1) is 0 Å². The number of hydrogen-bond acceptors (Lipinski definition) is 1. The molecule has 16 heavy (non-hydrogen) atoms. The van der Waals surface area contributed by atoms with E-state index in [2.05, 4.69) is 46.3 Å². The summed E-state index contributed by atoms with van der Waals surface area (Å²) in [7, 11) is 0. The fourth-order valence-electron chi connectivity index (χ4n) is 2.20. The highest BCUT2D eigenvalue weighted by Gasteiger charge is 2.17. The Hall–Kier alpha value is -0.800. The fourth-order valence-corrected chi connectivity index (χ4v) is 2.61. The van der Waals surface area contributed by atoms with E-state index in [4.69, 9.17) is 5.73 Å². The van der Waals surface area contributed by atoms with Crippen LogP contribution in [0.15, 0.2) is 40.9 Å². The molecule has 1 aliphatic rings. The molecule has 2 aromatic rings. The molecule has 0 atom stereocenters. The number of fused-ring (bicyclic) bond motifs is 3. The average Bonchev–Trinajstić information content (AvgIpc) is 2.53. The first-order valence-corrected chi connectivity index (χ1v) is 5.70. The first-order valence-electron chi connectivity index (χ1n) is 4.91. The molecule has 2 aromatic carbocycles. The molecule has 3 rings (SSSR count). The van der Waals surface area contributed by atoms with E-state index in [1.54, 1.807) is 0 Å². The predicted molar refractivity (Wildman–Crippen MR) is 77.1 cm³/mol. The van der Waals surface area contributed by atoms with Crippen LogP contribution in [0.1, 0.15) is 11.1 Å². The van der Waals surface area contributed by atoms with Gasteiger partial charge in [-0.05, 0) is 52.9 Å². The topological polar surface area (TPSA) is 26.0 Å². The van der Waals surface area contributed by atoms with Crippen LogP contribution in [-0.4, -0.2) is 0 Å². The molecule has 1 aliphatic carbocycles. The lowest BCUT2D eigenvalue weighted by Gasteiger charge is -2.01. The SMILES string of the molecule is Br.Nc1ccc2c(c1)Cc1cc(Br)ccc1-2. The normalized spacial score (nSPS) is 11.6. The Labute approximate surface area is 114 Å². The summed E-state index contributed by atoms with van der Waals surface area (Å²) in [4.78, 5) is 0. The van der Waals surface area contributed by atoms with Crippen LogP contribution in [-0.2, 0) is 6.42 Å². The molecule has 0 saturated heterocycles. The van der Waals surface area contributed by atoms with Crippen molar-refractivity contribution in [3.05, 3.63) is 52.0 Å². The van der Waals surface area contributed by atoms with Gasteiger partial charge >= 0.3 is 0 Å². The van der Waals surface area contributed by atoms with Crippen molar-refractivity contribution in [3.63, 3.8) is 0 Å². The number of nitrogen functional groups attached to an aromatic ring is 1. The van der Waals surface area contributed by atoms with E-state index in [0.29, 0.717) is 0 Å². The number of anilines is 1. The van der Waals surface area contributed by atoms with E-state index < -0.39 is 0 Å². The minimum Gasteiger partial charge on any atom is -0.399 e. The highest BCUT2D eigenvalue weighted by Crippen LogP contribution is 2.38. The second kappa shape index (κ2) is 4.22. The zero-order valence-corrected chi connectivity index (χ0v) is 11.8. The number of rotatable bonds is 0. The molecule has 3 heteroatoms. The minimum atomic E-state index is 0. The largest absolute Gasteiger partial charge is 0.399 e. The lowest BCUT2D eigenvalue weighted by Crippen LogP contribution is -1.86. The fraction of sp³-hybridized carbons (Fsp3) is 0.0769. The van der Waals surface area contributed by atoms with Gasteiger partial charge in [-0.3, -0.25) is 0 Å². The minimum absolute atomic E-state index is 0. The summed E-state index contributed by atoms with van der Waals surface area (Å²) in [6.07, 6.45) is 0.995. The van der Waals surface area contributed by atoms with Crippen molar-refractivity contribution in [1.82, 2.24) is 0 Å². The molecule has 0 bridgehead atoms. The Bertz CT molecular complexity index is 500. The molecule has 0 amide bonds. The Morgan fingerprint density at radius 2 is 1.56 bits per heavy atom. The van der Waals surface area contributed by atoms with Gasteiger partial charge in [0.25, 0.3) is 0 Å². The van der Waals surface area contributed by atoms with Crippen molar-refractivity contribution in [2.24, 2.45) is 0 Å². The van der Waals surface area contributed by atoms with Crippen molar-refractivity contribution in [2.45, 2.75) is 6.42 Å². The van der Waals surface area contributed by atoms with Gasteiger partial charge in [0.1, 0.15) is 0 Å². The Balaban J connectivity index is 0.000000963. The molecule has 82 valence electrons. The highest BCUT2D eigenvalue weighted by molar-refractivity contribution is 9.10. The standard InChI is InChI=1S/C13H10BrN.BrH/c14-10-1-3-12-8(6-10)5-9-7-11(15)2-4-13(9)12;/h1-4,6-7H,5,15H2;1H. The number of halogens is 2. The summed E-state index contributed by atoms with van der Waals surface area (Å²) in [6, 6.07) is 12.6. The van der Waals surface area contributed by atoms with Gasteiger partial charge in [-0.2, -0.15) is 0 Å². The van der Waals surface area contributed by atoms with E-state index in [0.717, 1.165) is 16.6 Å². The molecule has 0 fully saturated rings. The first kappa shape index (κ1) is 11.7. The van der Waals surface area contributed by atoms with E-state index in [1.165, 1.54) is 22.3 Å². The van der Waals surface area contributed by atoms with Crippen LogP contribution in [0.25, 0.3) is 11.1 Å². The maximum Gasteiger partial charge on any atom is 0.0317 e. The maximum atomic E-state index is 5.79. The van der Waals surface area contributed by atoms with Gasteiger partial charge in [-0.1, -0.05) is 28.1 Å². The molecule has 1 nitrogen and oxygen atoms in total. The smallest absolute Gasteiger partial charge is 0.0317 e. The molecule has 0 radical (unpaired) electrons. The summed E-state index contributed by atoms with van der Waals surface area (Å²) in [5.74, 6) is 0. The summed E-state index contributed by atoms with van der Waals surface area (Å²) in [6.45, 7) is 0. The zero-order chi connectivity index (χ0) is 10.4. The third-order valence-electron chi connectivity index (χ3n) is 2.87. The summed E-state index contributed by atoms with van der Waals surface area (Å²) in [5, 5.41) is 0. The maximum absolute atomic E-state index is 5.79. The lowest BCUT2D eigenvalue weighted by atomic mass is 10.1. The predicted octanol–water partition coefficient (Wildman–Crippen LogP) is 4.18. The summed E-state index contributed by atoms with van der Waals surface area (Å²) in [5.41, 5.74) is 12.0. The molecule has 0 aliphatic heterocycles. The van der Waals surface area contributed by atoms with Gasteiger partial charge in [0.15, 0.2) is 0 Å². The lowest BCUT2D eigenvalue weighted by molar-refractivity contribution is 1.26. The third kappa shape index (κ3) is 1.78. The van der Waals surface area contributed by atoms with Crippen LogP contribution >= 0.6 is 32.9 Å². The van der Waals surface area contributed by atoms with Gasteiger partial charge < -0.3 is 5.73 Å². The first-order chi connectivity index (χ1) is 7.24. The van der Waals surface area contributed by atoms with Crippen molar-refractivity contribution >= 4 is 38.6 Å².